The predicted octanol–water partition coefficient (Wildman–Crippen LogP) is 34.4. The van der Waals surface area contributed by atoms with Crippen LogP contribution < -0.4 is 0 Å². The van der Waals surface area contributed by atoms with Gasteiger partial charge in [-0.15, -0.1) is 0 Å². The van der Waals surface area contributed by atoms with Gasteiger partial charge in [0.05, 0.1) is 0 Å². The molecule has 20 rings (SSSR count). The van der Waals surface area contributed by atoms with Crippen LogP contribution in [-0.4, -0.2) is 0 Å². The lowest BCUT2D eigenvalue weighted by Crippen LogP contribution is -2.10. The molecule has 0 spiro atoms. The molecular weight excluding hydrogens is 1440 g/mol. The van der Waals surface area contributed by atoms with Crippen LogP contribution >= 0.6 is 0 Å². The summed E-state index contributed by atoms with van der Waals surface area (Å²) in [6.07, 6.45) is 0. The van der Waals surface area contributed by atoms with E-state index >= 15 is 0 Å². The number of fused-ring (bicyclic) bond motifs is 8. The summed E-state index contributed by atoms with van der Waals surface area (Å²) in [7, 11) is 0. The number of aryl methyl sites for hydroxylation is 8. The highest BCUT2D eigenvalue weighted by Crippen LogP contribution is 2.51. The van der Waals surface area contributed by atoms with Crippen molar-refractivity contribution in [3.05, 3.63) is 432 Å². The van der Waals surface area contributed by atoms with E-state index in [-0.39, 0.29) is 10.8 Å². The average molecular weight is 1550 g/mol. The van der Waals surface area contributed by atoms with E-state index < -0.39 is 0 Å². The normalized spacial score (nSPS) is 11.6. The molecule has 20 aromatic rings. The molecule has 0 nitrogen and oxygen atoms in total. The van der Waals surface area contributed by atoms with Gasteiger partial charge in [0.25, 0.3) is 0 Å². The quantitative estimate of drug-likeness (QED) is 0.133. The van der Waals surface area contributed by atoms with Crippen LogP contribution in [0.2, 0.25) is 0 Å². The lowest BCUT2D eigenvalue weighted by Gasteiger charge is -2.23. The van der Waals surface area contributed by atoms with Crippen molar-refractivity contribution in [1.82, 2.24) is 0 Å². The second kappa shape index (κ2) is 33.1. The van der Waals surface area contributed by atoms with Crippen LogP contribution in [0.1, 0.15) is 97.2 Å². The van der Waals surface area contributed by atoms with E-state index in [1.165, 1.54) is 231 Å². The molecule has 0 bridgehead atoms. The van der Waals surface area contributed by atoms with Crippen LogP contribution in [0.25, 0.3) is 175 Å². The Hall–Kier alpha value is -13.5. The van der Waals surface area contributed by atoms with E-state index in [0.29, 0.717) is 0 Å². The Bertz CT molecular complexity index is 7130. The summed E-state index contributed by atoms with van der Waals surface area (Å²) < 4.78 is 0. The lowest BCUT2D eigenvalue weighted by molar-refractivity contribution is 0.591. The Labute approximate surface area is 709 Å². The van der Waals surface area contributed by atoms with Crippen LogP contribution in [-0.2, 0) is 10.8 Å². The van der Waals surface area contributed by atoms with E-state index in [0.717, 1.165) is 0 Å². The monoisotopic (exact) mass is 1540 g/mol. The molecule has 0 fully saturated rings. The molecule has 0 aliphatic rings. The van der Waals surface area contributed by atoms with Gasteiger partial charge in [0.2, 0.25) is 0 Å². The van der Waals surface area contributed by atoms with Gasteiger partial charge in [-0.05, 0) is 287 Å². The fourth-order valence-electron chi connectivity index (χ4n) is 18.0. The predicted molar refractivity (Wildman–Crippen MR) is 525 cm³/mol. The maximum Gasteiger partial charge on any atom is -0.00262 e. The standard InChI is InChI=1S/3C31H28.C27H20/c1-19-11-13-25(14-12-19)31-28-17-22(4)20(2)15-26(28)30(24-9-7-6-8-10-24)27-16-21(3)23(5)18-29(27)31;1-21-14-16-23(17-15-21)29-25-12-8-9-13-26(25)30(22-10-6-5-7-11-22)28-20-24(31(2,3)4)18-19-27(28)29;1-21-14-16-23(17-15-21)30-26-13-9-8-12-25(26)29(22-10-6-5-7-11-22)27-19-18-24(20-28(27)30)31(2,3)4;1-19-16-17-24-25(18-19)27(21-12-6-3-7-13-21)23-15-9-8-14-22(23)26(24)20-10-4-2-5-11-20/h6-18H,1-5H3;2*5-20H,1-4H3;2-18H,1H3. The van der Waals surface area contributed by atoms with Crippen molar-refractivity contribution >= 4 is 86.2 Å². The van der Waals surface area contributed by atoms with Crippen molar-refractivity contribution in [2.75, 3.05) is 0 Å². The molecule has 120 heavy (non-hydrogen) atoms. The number of rotatable bonds is 8. The first-order valence-corrected chi connectivity index (χ1v) is 42.5. The zero-order chi connectivity index (χ0) is 83.1. The van der Waals surface area contributed by atoms with Crippen LogP contribution in [0.3, 0.4) is 0 Å². The van der Waals surface area contributed by atoms with Crippen LogP contribution in [0.4, 0.5) is 0 Å². The molecule has 20 aromatic carbocycles. The fraction of sp³-hybridized carbons (Fsp3) is 0.133. The Kier molecular flexibility index (Phi) is 21.8. The molecular formula is C120H104. The fourth-order valence-corrected chi connectivity index (χ4v) is 18.0. The molecule has 0 heteroatoms. The topological polar surface area (TPSA) is 0 Å². The van der Waals surface area contributed by atoms with Crippen molar-refractivity contribution in [3.8, 4) is 89.0 Å². The molecule has 0 aliphatic heterocycles. The molecule has 0 saturated carbocycles. The van der Waals surface area contributed by atoms with Gasteiger partial charge in [-0.25, -0.2) is 0 Å². The highest BCUT2D eigenvalue weighted by molar-refractivity contribution is 6.26. The molecule has 0 aliphatic carbocycles. The number of benzene rings is 20. The third-order valence-electron chi connectivity index (χ3n) is 24.6. The summed E-state index contributed by atoms with van der Waals surface area (Å²) in [5.41, 5.74) is 34.2. The molecule has 0 radical (unpaired) electrons. The summed E-state index contributed by atoms with van der Waals surface area (Å²) in [6.45, 7) is 31.3. The van der Waals surface area contributed by atoms with Gasteiger partial charge in [-0.2, -0.15) is 0 Å². The molecule has 0 saturated heterocycles. The van der Waals surface area contributed by atoms with Crippen molar-refractivity contribution in [2.24, 2.45) is 0 Å². The van der Waals surface area contributed by atoms with E-state index in [9.17, 15) is 0 Å². The van der Waals surface area contributed by atoms with Crippen LogP contribution in [0.5, 0.6) is 0 Å². The zero-order valence-electron chi connectivity index (χ0n) is 71.8. The third kappa shape index (κ3) is 15.5. The summed E-state index contributed by atoms with van der Waals surface area (Å²) in [6, 6.07) is 138. The second-order valence-electron chi connectivity index (χ2n) is 35.1. The molecule has 0 unspecified atom stereocenters. The largest absolute Gasteiger partial charge is 0.0622 e. The average Bonchev–Trinajstić information content (AvgIpc) is 0.757. The smallest absolute Gasteiger partial charge is 0.00262 e. The minimum Gasteiger partial charge on any atom is -0.0622 e. The minimum atomic E-state index is 0.0945. The lowest BCUT2D eigenvalue weighted by atomic mass is 9.81. The van der Waals surface area contributed by atoms with Crippen molar-refractivity contribution in [3.63, 3.8) is 0 Å². The SMILES string of the molecule is Cc1ccc(-c2c3cc(C)c(C)cc3c(-c3ccccc3)c3cc(C)c(C)cc23)cc1.Cc1ccc(-c2c3ccccc3c(-c3ccccc3)c3cc(C(C)(C)C)ccc23)cc1.Cc1ccc(-c2c3ccccc3c(-c3ccccc3)c3ccc(C(C)(C)C)cc23)cc1.Cc1ccc2c(-c3ccccc3)c3ccccc3c(-c3ccccc3)c2c1. The van der Waals surface area contributed by atoms with Gasteiger partial charge in [0, 0.05) is 0 Å². The Morgan fingerprint density at radius 3 is 0.533 bits per heavy atom. The molecule has 584 valence electrons. The van der Waals surface area contributed by atoms with E-state index in [1.807, 2.05) is 0 Å². The van der Waals surface area contributed by atoms with Crippen molar-refractivity contribution < 1.29 is 0 Å². The maximum atomic E-state index is 2.42. The van der Waals surface area contributed by atoms with Gasteiger partial charge in [0.15, 0.2) is 0 Å². The van der Waals surface area contributed by atoms with Gasteiger partial charge in [0.1, 0.15) is 0 Å². The van der Waals surface area contributed by atoms with E-state index in [4.69, 9.17) is 0 Å². The summed E-state index contributed by atoms with van der Waals surface area (Å²) in [5.74, 6) is 0. The van der Waals surface area contributed by atoms with Crippen molar-refractivity contribution in [1.29, 1.82) is 0 Å². The first kappa shape index (κ1) is 79.0. The van der Waals surface area contributed by atoms with Crippen LogP contribution in [0.15, 0.2) is 376 Å². The highest BCUT2D eigenvalue weighted by Gasteiger charge is 2.25. The van der Waals surface area contributed by atoms with Gasteiger partial charge in [-0.1, -0.05) is 428 Å². The van der Waals surface area contributed by atoms with Crippen LogP contribution in [0, 0.1) is 55.4 Å². The third-order valence-corrected chi connectivity index (χ3v) is 24.6. The minimum absolute atomic E-state index is 0.0945. The maximum absolute atomic E-state index is 2.42. The number of hydrogen-bond donors (Lipinski definition) is 0. The molecule has 0 atom stereocenters. The molecule has 0 aromatic heterocycles. The number of hydrogen-bond acceptors (Lipinski definition) is 0. The zero-order valence-corrected chi connectivity index (χ0v) is 71.8. The van der Waals surface area contributed by atoms with Gasteiger partial charge in [-0.3, -0.25) is 0 Å². The van der Waals surface area contributed by atoms with Gasteiger partial charge >= 0.3 is 0 Å². The molecule has 0 heterocycles. The Morgan fingerprint density at radius 1 is 0.133 bits per heavy atom. The summed E-state index contributed by atoms with van der Waals surface area (Å²) >= 11 is 0. The molecule has 0 amide bonds. The first-order valence-electron chi connectivity index (χ1n) is 42.5. The highest BCUT2D eigenvalue weighted by atomic mass is 14.3. The second-order valence-corrected chi connectivity index (χ2v) is 35.1. The summed E-state index contributed by atoms with van der Waals surface area (Å²) in [4.78, 5) is 0. The Morgan fingerprint density at radius 2 is 0.300 bits per heavy atom. The Balaban J connectivity index is 0.000000114. The van der Waals surface area contributed by atoms with E-state index in [1.54, 1.807) is 0 Å². The molecule has 0 N–H and O–H groups in total. The van der Waals surface area contributed by atoms with E-state index in [2.05, 4.69) is 473 Å². The summed E-state index contributed by atoms with van der Waals surface area (Å²) in [5, 5.41) is 21.1. The van der Waals surface area contributed by atoms with Gasteiger partial charge < -0.3 is 0 Å². The first-order chi connectivity index (χ1) is 58.1. The van der Waals surface area contributed by atoms with Crippen molar-refractivity contribution in [2.45, 2.75) is 108 Å².